The fourth-order valence-corrected chi connectivity index (χ4v) is 1.12. The van der Waals surface area contributed by atoms with E-state index in [0.29, 0.717) is 18.8 Å². The lowest BCUT2D eigenvalue weighted by atomic mass is 10.0. The van der Waals surface area contributed by atoms with Crippen LogP contribution in [0.2, 0.25) is 0 Å². The van der Waals surface area contributed by atoms with Crippen LogP contribution in [0.5, 0.6) is 0 Å². The van der Waals surface area contributed by atoms with Crippen molar-refractivity contribution >= 4 is 5.82 Å². The molecule has 16 heavy (non-hydrogen) atoms. The van der Waals surface area contributed by atoms with Gasteiger partial charge in [-0.15, -0.1) is 0 Å². The summed E-state index contributed by atoms with van der Waals surface area (Å²) in [5.41, 5.74) is -0.919. The molecule has 0 amide bonds. The second-order valence-electron chi connectivity index (χ2n) is 3.82. The van der Waals surface area contributed by atoms with Gasteiger partial charge in [0.2, 0.25) is 5.95 Å². The van der Waals surface area contributed by atoms with Gasteiger partial charge in [0.25, 0.3) is 0 Å². The van der Waals surface area contributed by atoms with Crippen molar-refractivity contribution in [3.8, 4) is 0 Å². The Balaban J connectivity index is 2.44. The average molecular weight is 229 g/mol. The molecule has 1 atom stereocenters. The van der Waals surface area contributed by atoms with Gasteiger partial charge in [0.1, 0.15) is 12.1 Å². The Bertz CT molecular complexity index is 334. The molecule has 0 saturated carbocycles. The minimum Gasteiger partial charge on any atom is -0.388 e. The molecule has 0 radical (unpaired) electrons. The average Bonchev–Trinajstić information content (AvgIpc) is 2.24. The number of aliphatic hydroxyl groups is 1. The summed E-state index contributed by atoms with van der Waals surface area (Å²) in [6, 6.07) is 1.17. The highest BCUT2D eigenvalue weighted by molar-refractivity contribution is 5.32. The summed E-state index contributed by atoms with van der Waals surface area (Å²) in [7, 11) is 1.57. The standard InChI is InChI=1S/C10H16FN3O2/c1-10(15,3-4-16-2)6-12-9-5-8(11)13-7-14-9/h5,7,15H,3-4,6H2,1-2H3,(H,12,13,14). The molecular weight excluding hydrogens is 213 g/mol. The van der Waals surface area contributed by atoms with Crippen molar-refractivity contribution < 1.29 is 14.2 Å². The predicted molar refractivity (Wildman–Crippen MR) is 57.6 cm³/mol. The van der Waals surface area contributed by atoms with Gasteiger partial charge in [-0.05, 0) is 6.92 Å². The Morgan fingerprint density at radius 3 is 2.94 bits per heavy atom. The summed E-state index contributed by atoms with van der Waals surface area (Å²) >= 11 is 0. The van der Waals surface area contributed by atoms with Crippen molar-refractivity contribution in [1.29, 1.82) is 0 Å². The molecule has 5 nitrogen and oxygen atoms in total. The van der Waals surface area contributed by atoms with Crippen LogP contribution in [0.15, 0.2) is 12.4 Å². The van der Waals surface area contributed by atoms with Gasteiger partial charge in [0.05, 0.1) is 5.60 Å². The van der Waals surface area contributed by atoms with Crippen molar-refractivity contribution in [3.05, 3.63) is 18.3 Å². The Labute approximate surface area is 93.7 Å². The number of aromatic nitrogens is 2. The van der Waals surface area contributed by atoms with Gasteiger partial charge in [0, 0.05) is 32.7 Å². The first-order valence-corrected chi connectivity index (χ1v) is 4.96. The molecular formula is C10H16FN3O2. The van der Waals surface area contributed by atoms with Crippen molar-refractivity contribution in [2.45, 2.75) is 18.9 Å². The van der Waals surface area contributed by atoms with Crippen LogP contribution in [-0.2, 0) is 4.74 Å². The lowest BCUT2D eigenvalue weighted by Crippen LogP contribution is -2.34. The molecule has 0 fully saturated rings. The second kappa shape index (κ2) is 5.72. The lowest BCUT2D eigenvalue weighted by molar-refractivity contribution is 0.0357. The zero-order chi connectivity index (χ0) is 12.0. The highest BCUT2D eigenvalue weighted by Crippen LogP contribution is 2.11. The monoisotopic (exact) mass is 229 g/mol. The number of nitrogens with one attached hydrogen (secondary N) is 1. The zero-order valence-corrected chi connectivity index (χ0v) is 9.40. The minimum absolute atomic E-state index is 0.271. The summed E-state index contributed by atoms with van der Waals surface area (Å²) in [4.78, 5) is 7.15. The van der Waals surface area contributed by atoms with Crippen molar-refractivity contribution in [2.24, 2.45) is 0 Å². The van der Waals surface area contributed by atoms with Crippen LogP contribution < -0.4 is 5.32 Å². The summed E-state index contributed by atoms with van der Waals surface area (Å²) in [5.74, 6) is -0.251. The molecule has 1 aromatic heterocycles. The van der Waals surface area contributed by atoms with Gasteiger partial charge < -0.3 is 15.2 Å². The largest absolute Gasteiger partial charge is 0.388 e. The molecule has 1 heterocycles. The zero-order valence-electron chi connectivity index (χ0n) is 9.40. The Morgan fingerprint density at radius 2 is 2.31 bits per heavy atom. The molecule has 0 saturated heterocycles. The van der Waals surface area contributed by atoms with Crippen LogP contribution >= 0.6 is 0 Å². The third-order valence-electron chi connectivity index (χ3n) is 2.13. The molecule has 0 bridgehead atoms. The molecule has 1 unspecified atom stereocenters. The Kier molecular flexibility index (Phi) is 4.57. The highest BCUT2D eigenvalue weighted by atomic mass is 19.1. The van der Waals surface area contributed by atoms with Gasteiger partial charge in [-0.2, -0.15) is 4.39 Å². The van der Waals surface area contributed by atoms with E-state index in [1.165, 1.54) is 6.07 Å². The van der Waals surface area contributed by atoms with Gasteiger partial charge >= 0.3 is 0 Å². The maximum Gasteiger partial charge on any atom is 0.217 e. The maximum absolute atomic E-state index is 12.7. The number of ether oxygens (including phenoxy) is 1. The van der Waals surface area contributed by atoms with Crippen molar-refractivity contribution in [3.63, 3.8) is 0 Å². The van der Waals surface area contributed by atoms with E-state index in [1.54, 1.807) is 14.0 Å². The van der Waals surface area contributed by atoms with E-state index in [9.17, 15) is 9.50 Å². The molecule has 1 rings (SSSR count). The number of halogens is 1. The van der Waals surface area contributed by atoms with E-state index in [-0.39, 0.29) is 6.54 Å². The lowest BCUT2D eigenvalue weighted by Gasteiger charge is -2.23. The smallest absolute Gasteiger partial charge is 0.217 e. The molecule has 90 valence electrons. The van der Waals surface area contributed by atoms with E-state index in [1.807, 2.05) is 0 Å². The quantitative estimate of drug-likeness (QED) is 0.707. The summed E-state index contributed by atoms with van der Waals surface area (Å²) in [6.07, 6.45) is 1.62. The SMILES string of the molecule is COCCC(C)(O)CNc1cc(F)ncn1. The number of methoxy groups -OCH3 is 1. The van der Waals surface area contributed by atoms with E-state index in [0.717, 1.165) is 6.33 Å². The predicted octanol–water partition coefficient (Wildman–Crippen LogP) is 0.815. The first-order valence-electron chi connectivity index (χ1n) is 4.96. The van der Waals surface area contributed by atoms with Crippen LogP contribution in [0.3, 0.4) is 0 Å². The van der Waals surface area contributed by atoms with Crippen molar-refractivity contribution in [1.82, 2.24) is 9.97 Å². The molecule has 0 aromatic carbocycles. The Morgan fingerprint density at radius 1 is 1.56 bits per heavy atom. The second-order valence-corrected chi connectivity index (χ2v) is 3.82. The van der Waals surface area contributed by atoms with Gasteiger partial charge in [-0.3, -0.25) is 0 Å². The summed E-state index contributed by atoms with van der Waals surface area (Å²) in [6.45, 7) is 2.41. The maximum atomic E-state index is 12.7. The number of rotatable bonds is 6. The first kappa shape index (κ1) is 12.8. The molecule has 0 spiro atoms. The van der Waals surface area contributed by atoms with Crippen LogP contribution in [0.1, 0.15) is 13.3 Å². The number of hydrogen-bond donors (Lipinski definition) is 2. The van der Waals surface area contributed by atoms with Crippen LogP contribution in [0.4, 0.5) is 10.2 Å². The molecule has 6 heteroatoms. The van der Waals surface area contributed by atoms with Crippen LogP contribution in [0.25, 0.3) is 0 Å². The van der Waals surface area contributed by atoms with Crippen molar-refractivity contribution in [2.75, 3.05) is 25.6 Å². The first-order chi connectivity index (χ1) is 7.53. The number of hydrogen-bond acceptors (Lipinski definition) is 5. The highest BCUT2D eigenvalue weighted by Gasteiger charge is 2.19. The normalized spacial score (nSPS) is 14.5. The molecule has 0 aliphatic carbocycles. The van der Waals surface area contributed by atoms with E-state index in [4.69, 9.17) is 4.74 Å². The van der Waals surface area contributed by atoms with Gasteiger partial charge in [-0.1, -0.05) is 0 Å². The van der Waals surface area contributed by atoms with Gasteiger partial charge in [0.15, 0.2) is 0 Å². The molecule has 0 aliphatic heterocycles. The number of nitrogens with zero attached hydrogens (tertiary/aromatic N) is 2. The molecule has 0 aliphatic rings. The third-order valence-corrected chi connectivity index (χ3v) is 2.13. The van der Waals surface area contributed by atoms with E-state index >= 15 is 0 Å². The summed E-state index contributed by atoms with van der Waals surface area (Å²) < 4.78 is 17.6. The van der Waals surface area contributed by atoms with Crippen LogP contribution in [-0.4, -0.2) is 40.9 Å². The Hall–Kier alpha value is -1.27. The van der Waals surface area contributed by atoms with E-state index < -0.39 is 11.5 Å². The van der Waals surface area contributed by atoms with Gasteiger partial charge in [-0.25, -0.2) is 9.97 Å². The molecule has 1 aromatic rings. The summed E-state index contributed by atoms with van der Waals surface area (Å²) in [5, 5.41) is 12.7. The fourth-order valence-electron chi connectivity index (χ4n) is 1.12. The van der Waals surface area contributed by atoms with E-state index in [2.05, 4.69) is 15.3 Å². The molecule has 2 N–H and O–H groups in total. The topological polar surface area (TPSA) is 67.3 Å². The fraction of sp³-hybridized carbons (Fsp3) is 0.600. The number of anilines is 1. The minimum atomic E-state index is -0.919. The van der Waals surface area contributed by atoms with Crippen LogP contribution in [0, 0.1) is 5.95 Å². The third kappa shape index (κ3) is 4.50.